The Morgan fingerprint density at radius 2 is 1.88 bits per heavy atom. The van der Waals surface area contributed by atoms with Crippen molar-refractivity contribution in [2.45, 2.75) is 45.6 Å². The molecule has 0 radical (unpaired) electrons. The van der Waals surface area contributed by atoms with Crippen LogP contribution in [0.1, 0.15) is 44.6 Å². The molecule has 0 spiro atoms. The van der Waals surface area contributed by atoms with Gasteiger partial charge in [0.15, 0.2) is 0 Å². The van der Waals surface area contributed by atoms with Gasteiger partial charge >= 0.3 is 11.9 Å². The van der Waals surface area contributed by atoms with Gasteiger partial charge in [0.25, 0.3) is 0 Å². The largest absolute Gasteiger partial charge is 0.493 e. The molecule has 0 aliphatic rings. The van der Waals surface area contributed by atoms with Gasteiger partial charge in [-0.05, 0) is 36.8 Å². The summed E-state index contributed by atoms with van der Waals surface area (Å²) in [5.74, 6) is -2.05. The maximum Gasteiger partial charge on any atom is 0.414 e. The minimum atomic E-state index is -1.82. The van der Waals surface area contributed by atoms with Gasteiger partial charge in [-0.2, -0.15) is 0 Å². The molecule has 0 amide bonds. The van der Waals surface area contributed by atoms with Crippen LogP contribution in [-0.2, 0) is 16.1 Å². The van der Waals surface area contributed by atoms with E-state index in [1.54, 1.807) is 0 Å². The minimum Gasteiger partial charge on any atom is -0.493 e. The first kappa shape index (κ1) is 21.2. The van der Waals surface area contributed by atoms with Crippen LogP contribution in [0.3, 0.4) is 0 Å². The topological polar surface area (TPSA) is 102 Å². The molecule has 0 bridgehead atoms. The molecule has 26 heavy (non-hydrogen) atoms. The summed E-state index contributed by atoms with van der Waals surface area (Å²) in [6.45, 7) is 6.26. The van der Waals surface area contributed by atoms with Crippen molar-refractivity contribution in [2.75, 3.05) is 6.61 Å². The van der Waals surface area contributed by atoms with Crippen molar-refractivity contribution < 1.29 is 24.5 Å². The van der Waals surface area contributed by atoms with Crippen LogP contribution >= 0.6 is 0 Å². The van der Waals surface area contributed by atoms with E-state index in [2.05, 4.69) is 41.6 Å². The minimum absolute atomic E-state index is 0.553. The highest BCUT2D eigenvalue weighted by molar-refractivity contribution is 6.27. The van der Waals surface area contributed by atoms with E-state index < -0.39 is 11.9 Å². The molecular formula is C19H26N2O5. The summed E-state index contributed by atoms with van der Waals surface area (Å²) in [6, 6.07) is 8.40. The third kappa shape index (κ3) is 7.83. The molecule has 7 heteroatoms. The third-order valence-electron chi connectivity index (χ3n) is 3.87. The third-order valence-corrected chi connectivity index (χ3v) is 3.87. The van der Waals surface area contributed by atoms with Gasteiger partial charge in [-0.25, -0.2) is 14.6 Å². The number of carboxylic acids is 2. The molecule has 0 aliphatic heterocycles. The van der Waals surface area contributed by atoms with Crippen LogP contribution in [0.25, 0.3) is 0 Å². The number of hydrogen-bond acceptors (Lipinski definition) is 4. The highest BCUT2D eigenvalue weighted by Gasteiger charge is 2.09. The van der Waals surface area contributed by atoms with Gasteiger partial charge in [0.2, 0.25) is 0 Å². The number of aryl methyl sites for hydroxylation is 1. The quantitative estimate of drug-likeness (QED) is 0.551. The molecule has 1 aromatic carbocycles. The van der Waals surface area contributed by atoms with Gasteiger partial charge < -0.3 is 19.5 Å². The molecule has 7 nitrogen and oxygen atoms in total. The standard InChI is InChI=1S/C17H24N2O.C2H2O4/c1-3-15(2)16-8-4-5-9-17(16)20-13-7-6-11-19-12-10-18-14-19;3-1(4)2(5)6/h4-5,8-10,12,14-15H,3,6-7,11,13H2,1-2H3;(H,3,4)(H,5,6). The van der Waals surface area contributed by atoms with Crippen LogP contribution in [0.4, 0.5) is 0 Å². The van der Waals surface area contributed by atoms with E-state index in [9.17, 15) is 0 Å². The zero-order chi connectivity index (χ0) is 19.4. The molecule has 1 atom stereocenters. The van der Waals surface area contributed by atoms with Crippen LogP contribution in [0.15, 0.2) is 43.0 Å². The summed E-state index contributed by atoms with van der Waals surface area (Å²) in [4.78, 5) is 22.2. The number of nitrogens with zero attached hydrogens (tertiary/aromatic N) is 2. The van der Waals surface area contributed by atoms with Gasteiger partial charge in [0.05, 0.1) is 12.9 Å². The molecule has 1 heterocycles. The molecule has 1 aromatic heterocycles. The lowest BCUT2D eigenvalue weighted by Gasteiger charge is -2.15. The number of benzene rings is 1. The number of carbonyl (C=O) groups is 2. The molecule has 0 saturated heterocycles. The first-order chi connectivity index (χ1) is 12.5. The maximum absolute atomic E-state index is 9.10. The molecule has 1 unspecified atom stereocenters. The molecule has 142 valence electrons. The van der Waals surface area contributed by atoms with Crippen molar-refractivity contribution in [3.05, 3.63) is 48.5 Å². The second-order valence-corrected chi connectivity index (χ2v) is 5.81. The van der Waals surface area contributed by atoms with Crippen LogP contribution < -0.4 is 4.74 Å². The highest BCUT2D eigenvalue weighted by atomic mass is 16.5. The number of unbranched alkanes of at least 4 members (excludes halogenated alkanes) is 1. The molecular weight excluding hydrogens is 336 g/mol. The van der Waals surface area contributed by atoms with E-state index in [1.807, 2.05) is 24.8 Å². The Morgan fingerprint density at radius 3 is 2.46 bits per heavy atom. The van der Waals surface area contributed by atoms with E-state index in [4.69, 9.17) is 24.5 Å². The zero-order valence-electron chi connectivity index (χ0n) is 15.2. The Labute approximate surface area is 153 Å². The molecule has 0 fully saturated rings. The van der Waals surface area contributed by atoms with E-state index in [0.717, 1.165) is 38.2 Å². The SMILES string of the molecule is CCC(C)c1ccccc1OCCCCn1ccnc1.O=C(O)C(=O)O. The molecule has 0 saturated carbocycles. The lowest BCUT2D eigenvalue weighted by atomic mass is 9.98. The Morgan fingerprint density at radius 1 is 1.19 bits per heavy atom. The smallest absolute Gasteiger partial charge is 0.414 e. The zero-order valence-corrected chi connectivity index (χ0v) is 15.2. The average Bonchev–Trinajstić information content (AvgIpc) is 3.15. The normalized spacial score (nSPS) is 11.2. The van der Waals surface area contributed by atoms with Crippen molar-refractivity contribution in [3.63, 3.8) is 0 Å². The predicted molar refractivity (Wildman–Crippen MR) is 97.4 cm³/mol. The van der Waals surface area contributed by atoms with Crippen molar-refractivity contribution >= 4 is 11.9 Å². The summed E-state index contributed by atoms with van der Waals surface area (Å²) in [5, 5.41) is 14.8. The molecule has 2 aromatic rings. The first-order valence-corrected chi connectivity index (χ1v) is 8.59. The van der Waals surface area contributed by atoms with E-state index in [-0.39, 0.29) is 0 Å². The van der Waals surface area contributed by atoms with Crippen LogP contribution in [0, 0.1) is 0 Å². The average molecular weight is 362 g/mol. The number of rotatable bonds is 8. The second-order valence-electron chi connectivity index (χ2n) is 5.81. The Bertz CT molecular complexity index is 658. The van der Waals surface area contributed by atoms with E-state index >= 15 is 0 Å². The van der Waals surface area contributed by atoms with Gasteiger partial charge in [0, 0.05) is 18.9 Å². The highest BCUT2D eigenvalue weighted by Crippen LogP contribution is 2.28. The fraction of sp³-hybridized carbons (Fsp3) is 0.421. The second kappa shape index (κ2) is 11.7. The Balaban J connectivity index is 0.000000487. The number of hydrogen-bond donors (Lipinski definition) is 2. The summed E-state index contributed by atoms with van der Waals surface area (Å²) in [5.41, 5.74) is 1.32. The van der Waals surface area contributed by atoms with Crippen LogP contribution in [-0.4, -0.2) is 38.3 Å². The van der Waals surface area contributed by atoms with Crippen LogP contribution in [0.5, 0.6) is 5.75 Å². The number of aromatic nitrogens is 2. The van der Waals surface area contributed by atoms with Gasteiger partial charge in [-0.1, -0.05) is 32.0 Å². The predicted octanol–water partition coefficient (Wildman–Crippen LogP) is 3.41. The van der Waals surface area contributed by atoms with Gasteiger partial charge in [-0.3, -0.25) is 0 Å². The summed E-state index contributed by atoms with van der Waals surface area (Å²) >= 11 is 0. The van der Waals surface area contributed by atoms with E-state index in [1.165, 1.54) is 5.56 Å². The summed E-state index contributed by atoms with van der Waals surface area (Å²) in [6.07, 6.45) is 8.99. The fourth-order valence-corrected chi connectivity index (χ4v) is 2.24. The fourth-order valence-electron chi connectivity index (χ4n) is 2.24. The maximum atomic E-state index is 9.10. The summed E-state index contributed by atoms with van der Waals surface area (Å²) in [7, 11) is 0. The Hall–Kier alpha value is -2.83. The van der Waals surface area contributed by atoms with Crippen LogP contribution in [0.2, 0.25) is 0 Å². The van der Waals surface area contributed by atoms with Crippen molar-refractivity contribution in [1.29, 1.82) is 0 Å². The molecule has 2 N–H and O–H groups in total. The van der Waals surface area contributed by atoms with Crippen molar-refractivity contribution in [2.24, 2.45) is 0 Å². The lowest BCUT2D eigenvalue weighted by Crippen LogP contribution is -2.09. The molecule has 0 aliphatic carbocycles. The van der Waals surface area contributed by atoms with Crippen molar-refractivity contribution in [1.82, 2.24) is 9.55 Å². The first-order valence-electron chi connectivity index (χ1n) is 8.59. The van der Waals surface area contributed by atoms with Crippen molar-refractivity contribution in [3.8, 4) is 5.75 Å². The van der Waals surface area contributed by atoms with Gasteiger partial charge in [0.1, 0.15) is 5.75 Å². The monoisotopic (exact) mass is 362 g/mol. The Kier molecular flexibility index (Phi) is 9.53. The number of imidazole rings is 1. The van der Waals surface area contributed by atoms with Gasteiger partial charge in [-0.15, -0.1) is 0 Å². The number of ether oxygens (including phenoxy) is 1. The number of carboxylic acid groups (broad SMARTS) is 2. The van der Waals surface area contributed by atoms with E-state index in [0.29, 0.717) is 5.92 Å². The number of para-hydroxylation sites is 1. The lowest BCUT2D eigenvalue weighted by molar-refractivity contribution is -0.159. The number of aliphatic carboxylic acids is 2. The molecule has 2 rings (SSSR count). The summed E-state index contributed by atoms with van der Waals surface area (Å²) < 4.78 is 8.06.